The van der Waals surface area contributed by atoms with E-state index in [0.717, 1.165) is 5.69 Å². The number of carbonyl (C=O) groups is 2. The molecule has 1 heterocycles. The Hall–Kier alpha value is -2.91. The molecule has 9 heteroatoms. The number of carbonyl (C=O) groups excluding carboxylic acids is 2. The zero-order valence-corrected chi connectivity index (χ0v) is 16.1. The standard InChI is InChI=1S/C18H17N5O2S2/c1-12-7-9-14(10-8-12)19-17-22-23-18(27-17)26-11-15(24)20-21-16(25)13-5-3-2-4-6-13/h2-10H,11H2,1H3,(H,19,22)(H,20,24)(H,21,25). The summed E-state index contributed by atoms with van der Waals surface area (Å²) >= 11 is 2.61. The van der Waals surface area contributed by atoms with Crippen LogP contribution in [0.15, 0.2) is 58.9 Å². The molecule has 2 amide bonds. The maximum Gasteiger partial charge on any atom is 0.269 e. The number of benzene rings is 2. The zero-order chi connectivity index (χ0) is 19.1. The Kier molecular flexibility index (Phi) is 6.39. The van der Waals surface area contributed by atoms with E-state index in [2.05, 4.69) is 26.4 Å². The Bertz CT molecular complexity index is 913. The van der Waals surface area contributed by atoms with E-state index in [9.17, 15) is 9.59 Å². The summed E-state index contributed by atoms with van der Waals surface area (Å²) in [5.74, 6) is -0.573. The molecule has 7 nitrogen and oxygen atoms in total. The first-order valence-corrected chi connectivity index (χ1v) is 9.84. The lowest BCUT2D eigenvalue weighted by Gasteiger charge is -2.06. The molecule has 0 aliphatic heterocycles. The highest BCUT2D eigenvalue weighted by Gasteiger charge is 2.10. The van der Waals surface area contributed by atoms with Gasteiger partial charge in [0, 0.05) is 11.3 Å². The second-order valence-corrected chi connectivity index (χ2v) is 7.72. The number of hydrogen-bond acceptors (Lipinski definition) is 7. The van der Waals surface area contributed by atoms with Crippen LogP contribution in [0.1, 0.15) is 15.9 Å². The number of aromatic nitrogens is 2. The van der Waals surface area contributed by atoms with Gasteiger partial charge in [0.25, 0.3) is 5.91 Å². The molecule has 2 aromatic carbocycles. The van der Waals surface area contributed by atoms with Crippen molar-refractivity contribution in [3.05, 3.63) is 65.7 Å². The summed E-state index contributed by atoms with van der Waals surface area (Å²) < 4.78 is 0.661. The van der Waals surface area contributed by atoms with E-state index in [1.54, 1.807) is 24.3 Å². The number of nitrogens with zero attached hydrogens (tertiary/aromatic N) is 2. The van der Waals surface area contributed by atoms with Gasteiger partial charge in [-0.3, -0.25) is 20.4 Å². The maximum atomic E-state index is 11.9. The quantitative estimate of drug-likeness (QED) is 0.435. The van der Waals surface area contributed by atoms with Gasteiger partial charge in [0.05, 0.1) is 5.75 Å². The average molecular weight is 400 g/mol. The van der Waals surface area contributed by atoms with E-state index in [0.29, 0.717) is 15.0 Å². The van der Waals surface area contributed by atoms with Crippen LogP contribution in [-0.4, -0.2) is 27.8 Å². The molecule has 3 N–H and O–H groups in total. The minimum absolute atomic E-state index is 0.119. The fourth-order valence-electron chi connectivity index (χ4n) is 2.03. The first kappa shape index (κ1) is 18.9. The summed E-state index contributed by atoms with van der Waals surface area (Å²) in [7, 11) is 0. The SMILES string of the molecule is Cc1ccc(Nc2nnc(SCC(=O)NNC(=O)c3ccccc3)s2)cc1. The number of rotatable bonds is 6. The Morgan fingerprint density at radius 3 is 2.48 bits per heavy atom. The lowest BCUT2D eigenvalue weighted by atomic mass is 10.2. The van der Waals surface area contributed by atoms with Crippen molar-refractivity contribution in [1.82, 2.24) is 21.0 Å². The molecule has 138 valence electrons. The number of anilines is 2. The molecule has 0 aliphatic rings. The Morgan fingerprint density at radius 1 is 1.00 bits per heavy atom. The Balaban J connectivity index is 1.43. The van der Waals surface area contributed by atoms with Gasteiger partial charge in [-0.2, -0.15) is 0 Å². The Labute approximate surface area is 164 Å². The molecular formula is C18H17N5O2S2. The minimum atomic E-state index is -0.366. The topological polar surface area (TPSA) is 96.0 Å². The number of nitrogens with one attached hydrogen (secondary N) is 3. The van der Waals surface area contributed by atoms with Crippen LogP contribution < -0.4 is 16.2 Å². The molecule has 0 unspecified atom stereocenters. The summed E-state index contributed by atoms with van der Waals surface area (Å²) in [4.78, 5) is 23.7. The van der Waals surface area contributed by atoms with Crippen LogP contribution in [-0.2, 0) is 4.79 Å². The van der Waals surface area contributed by atoms with Crippen LogP contribution in [0.4, 0.5) is 10.8 Å². The predicted octanol–water partition coefficient (Wildman–Crippen LogP) is 3.14. The van der Waals surface area contributed by atoms with Crippen LogP contribution in [0.5, 0.6) is 0 Å². The normalized spacial score (nSPS) is 10.3. The molecule has 0 aliphatic carbocycles. The van der Waals surface area contributed by atoms with Crippen molar-refractivity contribution in [2.45, 2.75) is 11.3 Å². The lowest BCUT2D eigenvalue weighted by Crippen LogP contribution is -2.42. The largest absolute Gasteiger partial charge is 0.330 e. The molecule has 1 aromatic heterocycles. The first-order valence-electron chi connectivity index (χ1n) is 8.04. The molecular weight excluding hydrogens is 382 g/mol. The molecule has 0 atom stereocenters. The summed E-state index contributed by atoms with van der Waals surface area (Å²) in [5, 5.41) is 11.9. The van der Waals surface area contributed by atoms with Crippen molar-refractivity contribution in [3.63, 3.8) is 0 Å². The fourth-order valence-corrected chi connectivity index (χ4v) is 3.60. The van der Waals surface area contributed by atoms with Gasteiger partial charge in [0.1, 0.15) is 0 Å². The summed E-state index contributed by atoms with van der Waals surface area (Å²) in [6, 6.07) is 16.6. The second-order valence-electron chi connectivity index (χ2n) is 5.52. The molecule has 27 heavy (non-hydrogen) atoms. The summed E-state index contributed by atoms with van der Waals surface area (Å²) in [6.45, 7) is 2.02. The first-order chi connectivity index (χ1) is 13.1. The molecule has 0 radical (unpaired) electrons. The zero-order valence-electron chi connectivity index (χ0n) is 14.4. The highest BCUT2D eigenvalue weighted by Crippen LogP contribution is 2.27. The van der Waals surface area contributed by atoms with Crippen molar-refractivity contribution in [1.29, 1.82) is 0 Å². The third-order valence-electron chi connectivity index (χ3n) is 3.39. The van der Waals surface area contributed by atoms with Gasteiger partial charge in [0.15, 0.2) is 4.34 Å². The van der Waals surface area contributed by atoms with Crippen molar-refractivity contribution < 1.29 is 9.59 Å². The third-order valence-corrected chi connectivity index (χ3v) is 5.36. The minimum Gasteiger partial charge on any atom is -0.330 e. The van der Waals surface area contributed by atoms with Crippen LogP contribution >= 0.6 is 23.1 Å². The molecule has 0 bridgehead atoms. The van der Waals surface area contributed by atoms with Crippen molar-refractivity contribution in [2.24, 2.45) is 0 Å². The molecule has 0 fully saturated rings. The van der Waals surface area contributed by atoms with Gasteiger partial charge < -0.3 is 5.32 Å². The molecule has 0 spiro atoms. The highest BCUT2D eigenvalue weighted by molar-refractivity contribution is 8.01. The highest BCUT2D eigenvalue weighted by atomic mass is 32.2. The van der Waals surface area contributed by atoms with E-state index in [4.69, 9.17) is 0 Å². The average Bonchev–Trinajstić information content (AvgIpc) is 3.14. The third kappa shape index (κ3) is 5.80. The molecule has 0 saturated carbocycles. The van der Waals surface area contributed by atoms with Gasteiger partial charge in [0.2, 0.25) is 11.0 Å². The van der Waals surface area contributed by atoms with Crippen molar-refractivity contribution in [3.8, 4) is 0 Å². The van der Waals surface area contributed by atoms with Gasteiger partial charge in [-0.1, -0.05) is 59.0 Å². The van der Waals surface area contributed by atoms with Crippen molar-refractivity contribution >= 4 is 45.7 Å². The lowest BCUT2D eigenvalue weighted by molar-refractivity contribution is -0.119. The molecule has 3 aromatic rings. The molecule has 3 rings (SSSR count). The fraction of sp³-hybridized carbons (Fsp3) is 0.111. The van der Waals surface area contributed by atoms with E-state index >= 15 is 0 Å². The Morgan fingerprint density at radius 2 is 1.74 bits per heavy atom. The van der Waals surface area contributed by atoms with Crippen LogP contribution in [0.3, 0.4) is 0 Å². The molecule has 0 saturated heterocycles. The predicted molar refractivity (Wildman–Crippen MR) is 107 cm³/mol. The summed E-state index contributed by atoms with van der Waals surface area (Å²) in [6.07, 6.45) is 0. The van der Waals surface area contributed by atoms with Gasteiger partial charge >= 0.3 is 0 Å². The van der Waals surface area contributed by atoms with Crippen LogP contribution in [0.2, 0.25) is 0 Å². The van der Waals surface area contributed by atoms with E-state index in [1.807, 2.05) is 37.3 Å². The maximum absolute atomic E-state index is 11.9. The van der Waals surface area contributed by atoms with Gasteiger partial charge in [-0.05, 0) is 31.2 Å². The monoisotopic (exact) mass is 399 g/mol. The van der Waals surface area contributed by atoms with Gasteiger partial charge in [-0.15, -0.1) is 10.2 Å². The van der Waals surface area contributed by atoms with E-state index in [-0.39, 0.29) is 17.6 Å². The number of aryl methyl sites for hydroxylation is 1. The number of thioether (sulfide) groups is 1. The smallest absolute Gasteiger partial charge is 0.269 e. The van der Waals surface area contributed by atoms with E-state index in [1.165, 1.54) is 28.7 Å². The number of amides is 2. The second kappa shape index (κ2) is 9.15. The summed E-state index contributed by atoms with van der Waals surface area (Å²) in [5.41, 5.74) is 7.34. The number of hydrogen-bond donors (Lipinski definition) is 3. The number of hydrazine groups is 1. The van der Waals surface area contributed by atoms with Crippen molar-refractivity contribution in [2.75, 3.05) is 11.1 Å². The van der Waals surface area contributed by atoms with Crippen LogP contribution in [0, 0.1) is 6.92 Å². The van der Waals surface area contributed by atoms with E-state index < -0.39 is 0 Å². The van der Waals surface area contributed by atoms with Crippen LogP contribution in [0.25, 0.3) is 0 Å². The van der Waals surface area contributed by atoms with Gasteiger partial charge in [-0.25, -0.2) is 0 Å².